The van der Waals surface area contributed by atoms with Gasteiger partial charge in [-0.2, -0.15) is 0 Å². The molecule has 0 aromatic carbocycles. The second kappa shape index (κ2) is 3.73. The van der Waals surface area contributed by atoms with E-state index in [4.69, 9.17) is 4.74 Å². The molecule has 0 aromatic rings. The van der Waals surface area contributed by atoms with Gasteiger partial charge in [-0.3, -0.25) is 0 Å². The lowest BCUT2D eigenvalue weighted by Crippen LogP contribution is -2.54. The molecule has 2 unspecified atom stereocenters. The molecular formula is C9H18O3. The largest absolute Gasteiger partial charge is 0.396 e. The Kier molecular flexibility index (Phi) is 3.09. The van der Waals surface area contributed by atoms with Crippen molar-refractivity contribution in [3.63, 3.8) is 0 Å². The summed E-state index contributed by atoms with van der Waals surface area (Å²) in [5.41, 5.74) is -0.419. The molecule has 2 atom stereocenters. The minimum Gasteiger partial charge on any atom is -0.396 e. The maximum absolute atomic E-state index is 9.19. The van der Waals surface area contributed by atoms with Gasteiger partial charge in [0.25, 0.3) is 0 Å². The number of hydrogen-bond acceptors (Lipinski definition) is 3. The smallest absolute Gasteiger partial charge is 0.0722 e. The van der Waals surface area contributed by atoms with E-state index >= 15 is 0 Å². The molecule has 0 aliphatic carbocycles. The quantitative estimate of drug-likeness (QED) is 0.648. The highest BCUT2D eigenvalue weighted by Gasteiger charge is 2.45. The molecule has 12 heavy (non-hydrogen) atoms. The van der Waals surface area contributed by atoms with E-state index < -0.39 is 5.41 Å². The molecule has 3 nitrogen and oxygen atoms in total. The van der Waals surface area contributed by atoms with E-state index in [0.29, 0.717) is 5.92 Å². The molecule has 3 heteroatoms. The third-order valence-electron chi connectivity index (χ3n) is 2.99. The number of aliphatic hydroxyl groups is 2. The lowest BCUT2D eigenvalue weighted by Gasteiger charge is -2.46. The fourth-order valence-electron chi connectivity index (χ4n) is 1.82. The molecule has 1 aliphatic rings. The van der Waals surface area contributed by atoms with E-state index in [-0.39, 0.29) is 19.3 Å². The summed E-state index contributed by atoms with van der Waals surface area (Å²) < 4.78 is 5.36. The number of hydrogen-bond donors (Lipinski definition) is 2. The molecule has 1 aliphatic heterocycles. The maximum atomic E-state index is 9.19. The van der Waals surface area contributed by atoms with Gasteiger partial charge in [-0.05, 0) is 6.42 Å². The predicted octanol–water partition coefficient (Wildman–Crippen LogP) is 0.402. The van der Waals surface area contributed by atoms with Crippen LogP contribution >= 0.6 is 0 Å². The molecule has 2 N–H and O–H groups in total. The highest BCUT2D eigenvalue weighted by molar-refractivity contribution is 4.92. The zero-order chi connectivity index (χ0) is 9.19. The van der Waals surface area contributed by atoms with Crippen LogP contribution in [-0.2, 0) is 4.74 Å². The number of rotatable bonds is 4. The van der Waals surface area contributed by atoms with Crippen LogP contribution < -0.4 is 0 Å². The molecule has 0 radical (unpaired) electrons. The van der Waals surface area contributed by atoms with E-state index in [0.717, 1.165) is 13.0 Å². The van der Waals surface area contributed by atoms with Crippen molar-refractivity contribution in [2.45, 2.75) is 26.4 Å². The van der Waals surface area contributed by atoms with Crippen molar-refractivity contribution in [3.8, 4) is 0 Å². The Morgan fingerprint density at radius 1 is 1.42 bits per heavy atom. The second-order valence-electron chi connectivity index (χ2n) is 3.76. The van der Waals surface area contributed by atoms with Crippen LogP contribution in [0.4, 0.5) is 0 Å². The monoisotopic (exact) mass is 174 g/mol. The molecule has 1 heterocycles. The van der Waals surface area contributed by atoms with Gasteiger partial charge in [-0.1, -0.05) is 13.8 Å². The molecule has 0 spiro atoms. The van der Waals surface area contributed by atoms with Gasteiger partial charge in [0, 0.05) is 11.3 Å². The summed E-state index contributed by atoms with van der Waals surface area (Å²) in [6.07, 6.45) is 0.798. The van der Waals surface area contributed by atoms with Crippen molar-refractivity contribution < 1.29 is 14.9 Å². The first-order valence-corrected chi connectivity index (χ1v) is 4.53. The molecule has 1 fully saturated rings. The first-order chi connectivity index (χ1) is 5.70. The van der Waals surface area contributed by atoms with Crippen LogP contribution in [0.2, 0.25) is 0 Å². The van der Waals surface area contributed by atoms with Crippen LogP contribution in [-0.4, -0.2) is 36.1 Å². The molecule has 0 bridgehead atoms. The van der Waals surface area contributed by atoms with Gasteiger partial charge in [0.1, 0.15) is 0 Å². The van der Waals surface area contributed by atoms with Crippen molar-refractivity contribution in [2.24, 2.45) is 11.3 Å². The van der Waals surface area contributed by atoms with E-state index in [2.05, 4.69) is 6.92 Å². The van der Waals surface area contributed by atoms with Crippen molar-refractivity contribution in [1.82, 2.24) is 0 Å². The van der Waals surface area contributed by atoms with E-state index in [9.17, 15) is 10.2 Å². The van der Waals surface area contributed by atoms with Crippen LogP contribution in [0, 0.1) is 11.3 Å². The third kappa shape index (κ3) is 1.37. The van der Waals surface area contributed by atoms with Crippen LogP contribution in [0.1, 0.15) is 20.3 Å². The zero-order valence-electron chi connectivity index (χ0n) is 7.79. The summed E-state index contributed by atoms with van der Waals surface area (Å²) in [5.74, 6) is 0.462. The Bertz CT molecular complexity index is 134. The molecule has 1 rings (SSSR count). The topological polar surface area (TPSA) is 49.7 Å². The van der Waals surface area contributed by atoms with Gasteiger partial charge in [0.15, 0.2) is 0 Å². The summed E-state index contributed by atoms with van der Waals surface area (Å²) in [7, 11) is 0. The average molecular weight is 174 g/mol. The lowest BCUT2D eigenvalue weighted by atomic mass is 9.73. The zero-order valence-corrected chi connectivity index (χ0v) is 7.79. The van der Waals surface area contributed by atoms with Crippen molar-refractivity contribution in [2.75, 3.05) is 19.8 Å². The average Bonchev–Trinajstić information content (AvgIpc) is 2.11. The van der Waals surface area contributed by atoms with E-state index in [1.54, 1.807) is 0 Å². The minimum absolute atomic E-state index is 0.00894. The van der Waals surface area contributed by atoms with Crippen LogP contribution in [0.25, 0.3) is 0 Å². The van der Waals surface area contributed by atoms with E-state index in [1.807, 2.05) is 6.92 Å². The number of aliphatic hydroxyl groups excluding tert-OH is 2. The highest BCUT2D eigenvalue weighted by atomic mass is 16.5. The predicted molar refractivity (Wildman–Crippen MR) is 45.8 cm³/mol. The highest BCUT2D eigenvalue weighted by Crippen LogP contribution is 2.38. The summed E-state index contributed by atoms with van der Waals surface area (Å²) >= 11 is 0. The maximum Gasteiger partial charge on any atom is 0.0722 e. The minimum atomic E-state index is -0.419. The number of ether oxygens (including phenoxy) is 1. The van der Waals surface area contributed by atoms with Gasteiger partial charge in [-0.25, -0.2) is 0 Å². The van der Waals surface area contributed by atoms with Gasteiger partial charge >= 0.3 is 0 Å². The first-order valence-electron chi connectivity index (χ1n) is 4.53. The Morgan fingerprint density at radius 3 is 2.08 bits per heavy atom. The molecule has 0 amide bonds. The Morgan fingerprint density at radius 2 is 2.00 bits per heavy atom. The SMILES string of the molecule is CCC(CO)(CO)C1OCC1C. The van der Waals surface area contributed by atoms with Crippen molar-refractivity contribution in [3.05, 3.63) is 0 Å². The molecule has 0 aromatic heterocycles. The molecular weight excluding hydrogens is 156 g/mol. The normalized spacial score (nSPS) is 30.0. The van der Waals surface area contributed by atoms with Crippen LogP contribution in [0.5, 0.6) is 0 Å². The van der Waals surface area contributed by atoms with Crippen molar-refractivity contribution in [1.29, 1.82) is 0 Å². The molecule has 72 valence electrons. The van der Waals surface area contributed by atoms with Crippen molar-refractivity contribution >= 4 is 0 Å². The lowest BCUT2D eigenvalue weighted by molar-refractivity contribution is -0.196. The first kappa shape index (κ1) is 9.96. The Balaban J connectivity index is 2.63. The van der Waals surface area contributed by atoms with Crippen LogP contribution in [0.15, 0.2) is 0 Å². The summed E-state index contributed by atoms with van der Waals surface area (Å²) in [4.78, 5) is 0. The molecule has 1 saturated heterocycles. The summed E-state index contributed by atoms with van der Waals surface area (Å²) in [5, 5.41) is 18.4. The summed E-state index contributed by atoms with van der Waals surface area (Å²) in [6.45, 7) is 4.83. The van der Waals surface area contributed by atoms with Gasteiger partial charge in [0.05, 0.1) is 25.9 Å². The Hall–Kier alpha value is -0.120. The van der Waals surface area contributed by atoms with E-state index in [1.165, 1.54) is 0 Å². The fraction of sp³-hybridized carbons (Fsp3) is 1.00. The van der Waals surface area contributed by atoms with Gasteiger partial charge in [0.2, 0.25) is 0 Å². The second-order valence-corrected chi connectivity index (χ2v) is 3.76. The molecule has 0 saturated carbocycles. The van der Waals surface area contributed by atoms with Gasteiger partial charge in [-0.15, -0.1) is 0 Å². The Labute approximate surface area is 73.4 Å². The summed E-state index contributed by atoms with van der Waals surface area (Å²) in [6, 6.07) is 0. The fourth-order valence-corrected chi connectivity index (χ4v) is 1.82. The standard InChI is InChI=1S/C9H18O3/c1-3-9(5-10,6-11)8-7(2)4-12-8/h7-8,10-11H,3-6H2,1-2H3. The third-order valence-corrected chi connectivity index (χ3v) is 2.99. The van der Waals surface area contributed by atoms with Crippen LogP contribution in [0.3, 0.4) is 0 Å². The van der Waals surface area contributed by atoms with Gasteiger partial charge < -0.3 is 14.9 Å².